The molecule has 8 nitrogen and oxygen atoms in total. The molecular weight excluding hydrogens is 607 g/mol. The Kier molecular flexibility index (Phi) is 8.95. The largest absolute Gasteiger partial charge is 0.507 e. The Hall–Kier alpha value is -4.93. The third-order valence-corrected chi connectivity index (χ3v) is 9.36. The monoisotopic (exact) mass is 635 g/mol. The maximum atomic E-state index is 13.7. The highest BCUT2D eigenvalue weighted by Crippen LogP contribution is 2.45. The van der Waals surface area contributed by atoms with E-state index in [9.17, 15) is 14.7 Å². The fraction of sp³-hybridized carbons (Fsp3) is 0.143. The van der Waals surface area contributed by atoms with E-state index in [0.717, 1.165) is 16.3 Å². The number of hydrogen-bond donors (Lipinski definition) is 1. The number of ketones is 1. The van der Waals surface area contributed by atoms with E-state index in [0.29, 0.717) is 39.3 Å². The van der Waals surface area contributed by atoms with Gasteiger partial charge in [-0.3, -0.25) is 14.5 Å². The second-order valence-corrected chi connectivity index (χ2v) is 12.3. The van der Waals surface area contributed by atoms with Crippen LogP contribution in [0.25, 0.3) is 16.5 Å². The van der Waals surface area contributed by atoms with Crippen molar-refractivity contribution in [2.45, 2.75) is 23.1 Å². The molecule has 1 amide bonds. The highest BCUT2D eigenvalue weighted by atomic mass is 32.2. The summed E-state index contributed by atoms with van der Waals surface area (Å²) in [6, 6.07) is 27.2. The first kappa shape index (κ1) is 30.1. The first-order chi connectivity index (χ1) is 22.0. The quantitative estimate of drug-likeness (QED) is 0.0396. The van der Waals surface area contributed by atoms with Crippen molar-refractivity contribution in [1.29, 1.82) is 0 Å². The molecule has 4 aromatic carbocycles. The van der Waals surface area contributed by atoms with Crippen LogP contribution in [0.5, 0.6) is 11.5 Å². The molecule has 1 saturated heterocycles. The molecule has 1 atom stereocenters. The molecular formula is C35H29N3O5S2. The summed E-state index contributed by atoms with van der Waals surface area (Å²) < 4.78 is 11.9. The third-order valence-electron chi connectivity index (χ3n) is 7.26. The number of aliphatic hydroxyl groups excluding tert-OH is 1. The van der Waals surface area contributed by atoms with Gasteiger partial charge in [0.1, 0.15) is 23.9 Å². The smallest absolute Gasteiger partial charge is 0.301 e. The number of carbonyl (C=O) groups is 2. The molecule has 45 heavy (non-hydrogen) atoms. The van der Waals surface area contributed by atoms with Gasteiger partial charge < -0.3 is 14.6 Å². The van der Waals surface area contributed by atoms with Crippen molar-refractivity contribution in [3.63, 3.8) is 0 Å². The predicted molar refractivity (Wildman–Crippen MR) is 178 cm³/mol. The molecule has 0 bridgehead atoms. The highest BCUT2D eigenvalue weighted by molar-refractivity contribution is 8.00. The Morgan fingerprint density at radius 1 is 0.978 bits per heavy atom. The molecule has 2 heterocycles. The Balaban J connectivity index is 1.37. The molecule has 5 aromatic rings. The van der Waals surface area contributed by atoms with Gasteiger partial charge in [0.05, 0.1) is 18.2 Å². The number of Topliss-reactive ketones (excluding diaryl/α,β-unsaturated/α-hetero) is 1. The lowest BCUT2D eigenvalue weighted by Gasteiger charge is -2.23. The van der Waals surface area contributed by atoms with Gasteiger partial charge in [0, 0.05) is 11.3 Å². The SMILES string of the molecule is C=CCOc1cccc(C2/C(=C(\O)c3ccc(OCC)cc3)C(=O)C(=O)N2c2nnc(SCc3cccc4ccccc34)s2)c1. The van der Waals surface area contributed by atoms with Crippen LogP contribution in [-0.4, -0.2) is 40.2 Å². The highest BCUT2D eigenvalue weighted by Gasteiger charge is 2.48. The van der Waals surface area contributed by atoms with Gasteiger partial charge in [-0.1, -0.05) is 90.4 Å². The number of rotatable bonds is 11. The molecule has 1 aliphatic rings. The minimum atomic E-state index is -0.965. The second-order valence-electron chi connectivity index (χ2n) is 10.1. The molecule has 1 aromatic heterocycles. The summed E-state index contributed by atoms with van der Waals surface area (Å²) >= 11 is 2.73. The molecule has 1 fully saturated rings. The maximum absolute atomic E-state index is 13.7. The average molecular weight is 636 g/mol. The van der Waals surface area contributed by atoms with Crippen molar-refractivity contribution in [3.8, 4) is 11.5 Å². The summed E-state index contributed by atoms with van der Waals surface area (Å²) in [4.78, 5) is 28.6. The molecule has 6 rings (SSSR count). The Morgan fingerprint density at radius 2 is 1.76 bits per heavy atom. The van der Waals surface area contributed by atoms with Gasteiger partial charge in [-0.15, -0.1) is 10.2 Å². The van der Waals surface area contributed by atoms with Crippen LogP contribution in [0.3, 0.4) is 0 Å². The number of amides is 1. The molecule has 0 aliphatic carbocycles. The van der Waals surface area contributed by atoms with Crippen LogP contribution in [0.4, 0.5) is 5.13 Å². The lowest BCUT2D eigenvalue weighted by atomic mass is 9.95. The van der Waals surface area contributed by atoms with Crippen molar-refractivity contribution in [2.75, 3.05) is 18.1 Å². The number of fused-ring (bicyclic) bond motifs is 1. The number of hydrogen-bond acceptors (Lipinski definition) is 9. The molecule has 1 unspecified atom stereocenters. The van der Waals surface area contributed by atoms with E-state index in [4.69, 9.17) is 9.47 Å². The van der Waals surface area contributed by atoms with E-state index in [1.165, 1.54) is 28.0 Å². The molecule has 10 heteroatoms. The summed E-state index contributed by atoms with van der Waals surface area (Å²) in [6.07, 6.45) is 1.63. The van der Waals surface area contributed by atoms with Crippen LogP contribution in [0, 0.1) is 0 Å². The fourth-order valence-corrected chi connectivity index (χ4v) is 7.09. The Morgan fingerprint density at radius 3 is 2.56 bits per heavy atom. The molecule has 226 valence electrons. The number of thioether (sulfide) groups is 1. The van der Waals surface area contributed by atoms with E-state index in [1.807, 2.05) is 25.1 Å². The van der Waals surface area contributed by atoms with Gasteiger partial charge in [-0.25, -0.2) is 0 Å². The molecule has 0 radical (unpaired) electrons. The number of benzene rings is 4. The molecule has 1 aliphatic heterocycles. The van der Waals surface area contributed by atoms with E-state index in [1.54, 1.807) is 54.6 Å². The Labute approximate surface area is 268 Å². The van der Waals surface area contributed by atoms with Crippen LogP contribution < -0.4 is 14.4 Å². The van der Waals surface area contributed by atoms with E-state index >= 15 is 0 Å². The van der Waals surface area contributed by atoms with E-state index in [-0.39, 0.29) is 23.1 Å². The van der Waals surface area contributed by atoms with E-state index in [2.05, 4.69) is 41.0 Å². The number of aliphatic hydroxyl groups is 1. The van der Waals surface area contributed by atoms with Crippen molar-refractivity contribution in [2.24, 2.45) is 0 Å². The van der Waals surface area contributed by atoms with Gasteiger partial charge in [-0.05, 0) is 65.2 Å². The van der Waals surface area contributed by atoms with Crippen molar-refractivity contribution >= 4 is 56.5 Å². The average Bonchev–Trinajstić information content (AvgIpc) is 3.64. The van der Waals surface area contributed by atoms with Crippen LogP contribution in [0.2, 0.25) is 0 Å². The minimum absolute atomic E-state index is 0.0508. The zero-order valence-corrected chi connectivity index (χ0v) is 26.0. The van der Waals surface area contributed by atoms with Crippen molar-refractivity contribution < 1.29 is 24.2 Å². The minimum Gasteiger partial charge on any atom is -0.507 e. The van der Waals surface area contributed by atoms with Crippen LogP contribution >= 0.6 is 23.1 Å². The Bertz CT molecular complexity index is 1910. The zero-order chi connectivity index (χ0) is 31.3. The lowest BCUT2D eigenvalue weighted by Crippen LogP contribution is -2.29. The summed E-state index contributed by atoms with van der Waals surface area (Å²) in [5, 5.41) is 22.8. The topological polar surface area (TPSA) is 102 Å². The number of ether oxygens (including phenoxy) is 2. The summed E-state index contributed by atoms with van der Waals surface area (Å²) in [5.41, 5.74) is 2.06. The molecule has 1 N–H and O–H groups in total. The van der Waals surface area contributed by atoms with E-state index < -0.39 is 17.7 Å². The normalized spacial score (nSPS) is 15.8. The number of anilines is 1. The molecule has 0 saturated carbocycles. The van der Waals surface area contributed by atoms with Gasteiger partial charge in [0.25, 0.3) is 5.78 Å². The van der Waals surface area contributed by atoms with Crippen LogP contribution in [0.1, 0.15) is 29.7 Å². The lowest BCUT2D eigenvalue weighted by molar-refractivity contribution is -0.132. The first-order valence-electron chi connectivity index (χ1n) is 14.3. The molecule has 0 spiro atoms. The summed E-state index contributed by atoms with van der Waals surface area (Å²) in [5.74, 6) is -0.103. The fourth-order valence-electron chi connectivity index (χ4n) is 5.22. The number of carbonyl (C=O) groups excluding carboxylic acids is 2. The third kappa shape index (κ3) is 6.20. The second kappa shape index (κ2) is 13.4. The van der Waals surface area contributed by atoms with Crippen LogP contribution in [0.15, 0.2) is 114 Å². The van der Waals surface area contributed by atoms with Gasteiger partial charge >= 0.3 is 5.91 Å². The van der Waals surface area contributed by atoms with Gasteiger partial charge in [-0.2, -0.15) is 0 Å². The maximum Gasteiger partial charge on any atom is 0.301 e. The van der Waals surface area contributed by atoms with Gasteiger partial charge in [0.2, 0.25) is 5.13 Å². The first-order valence-corrected chi connectivity index (χ1v) is 16.1. The predicted octanol–water partition coefficient (Wildman–Crippen LogP) is 7.57. The summed E-state index contributed by atoms with van der Waals surface area (Å²) in [6.45, 7) is 6.35. The zero-order valence-electron chi connectivity index (χ0n) is 24.4. The van der Waals surface area contributed by atoms with Gasteiger partial charge in [0.15, 0.2) is 4.34 Å². The van der Waals surface area contributed by atoms with Crippen molar-refractivity contribution in [3.05, 3.63) is 126 Å². The number of aromatic nitrogens is 2. The number of nitrogens with zero attached hydrogens (tertiary/aromatic N) is 3. The van der Waals surface area contributed by atoms with Crippen LogP contribution in [-0.2, 0) is 15.3 Å². The van der Waals surface area contributed by atoms with Crippen molar-refractivity contribution in [1.82, 2.24) is 10.2 Å². The standard InChI is InChI=1S/C35H29N3O5S2/c1-3-19-43-27-13-8-11-24(20-27)30-29(31(39)23-15-17-26(18-16-23)42-4-2)32(40)33(41)38(30)34-36-37-35(45-34)44-21-25-12-7-10-22-9-5-6-14-28(22)25/h3,5-18,20,30,39H,1,4,19,21H2,2H3/b31-29+. The summed E-state index contributed by atoms with van der Waals surface area (Å²) in [7, 11) is 0.